The number of aromatic nitrogens is 4. The van der Waals surface area contributed by atoms with E-state index in [1.807, 2.05) is 24.4 Å². The molecule has 0 atom stereocenters. The van der Waals surface area contributed by atoms with Gasteiger partial charge >= 0.3 is 0 Å². The highest BCUT2D eigenvalue weighted by atomic mass is 15.0. The van der Waals surface area contributed by atoms with Crippen molar-refractivity contribution in [3.8, 4) is 78.8 Å². The van der Waals surface area contributed by atoms with Crippen molar-refractivity contribution in [2.45, 2.75) is 0 Å². The summed E-state index contributed by atoms with van der Waals surface area (Å²) in [5.74, 6) is 1.81. The van der Waals surface area contributed by atoms with Gasteiger partial charge in [0.1, 0.15) is 0 Å². The van der Waals surface area contributed by atoms with Crippen LogP contribution in [0.15, 0.2) is 219 Å². The molecule has 0 spiro atoms. The van der Waals surface area contributed by atoms with Gasteiger partial charge in [0.25, 0.3) is 0 Å². The van der Waals surface area contributed by atoms with Crippen LogP contribution in [-0.2, 0) is 0 Å². The second kappa shape index (κ2) is 15.0. The summed E-state index contributed by atoms with van der Waals surface area (Å²) >= 11 is 0. The van der Waals surface area contributed by atoms with Crippen molar-refractivity contribution in [2.75, 3.05) is 0 Å². The van der Waals surface area contributed by atoms with Crippen LogP contribution in [0.1, 0.15) is 0 Å². The molecule has 0 amide bonds. The summed E-state index contributed by atoms with van der Waals surface area (Å²) in [6, 6.07) is 74.6. The van der Waals surface area contributed by atoms with E-state index in [0.29, 0.717) is 17.5 Å². The SMILES string of the molecule is c1ccc(-c2cc(-c3nc(-c4cccc(-c5ccc(-c6cccc7ccccc67)cc5)c4)nc(-c4cccc(-c5cccc6ccccc56)c4)n3)c3ccccc3c2)nc1. The molecule has 0 aliphatic rings. The Hall–Kier alpha value is -8.08. The molecule has 0 saturated heterocycles. The lowest BCUT2D eigenvalue weighted by Gasteiger charge is -2.13. The standard InChI is InChI=1S/C56H36N4/c1-4-22-47-38(13-1)16-11-25-49(47)40-30-28-37(29-31-40)41-18-9-20-44(33-41)54-58-55(45-21-10-19-43(34-45)50-26-12-17-39-14-2-5-23-48(39)50)60-56(59-54)52-36-46(53-27-7-8-32-57-53)35-42-15-3-6-24-51(42)52/h1-36H. The van der Waals surface area contributed by atoms with Gasteiger partial charge in [-0.15, -0.1) is 0 Å². The van der Waals surface area contributed by atoms with E-state index in [9.17, 15) is 0 Å². The third-order valence-electron chi connectivity index (χ3n) is 11.4. The molecular formula is C56H36N4. The molecule has 0 fully saturated rings. The molecule has 60 heavy (non-hydrogen) atoms. The van der Waals surface area contributed by atoms with Crippen LogP contribution in [0, 0.1) is 0 Å². The predicted octanol–water partition coefficient (Wildman–Crippen LogP) is 14.4. The smallest absolute Gasteiger partial charge is 0.164 e. The molecule has 0 aliphatic heterocycles. The van der Waals surface area contributed by atoms with Crippen LogP contribution in [0.3, 0.4) is 0 Å². The van der Waals surface area contributed by atoms with E-state index in [0.717, 1.165) is 61.0 Å². The topological polar surface area (TPSA) is 51.6 Å². The number of pyridine rings is 1. The molecule has 0 saturated carbocycles. The first-order valence-electron chi connectivity index (χ1n) is 20.2. The van der Waals surface area contributed by atoms with Crippen molar-refractivity contribution in [3.05, 3.63) is 219 Å². The number of fused-ring (bicyclic) bond motifs is 3. The number of hydrogen-bond acceptors (Lipinski definition) is 4. The Bertz CT molecular complexity index is 3360. The minimum atomic E-state index is 0.601. The maximum atomic E-state index is 5.28. The van der Waals surface area contributed by atoms with E-state index in [2.05, 4.69) is 194 Å². The summed E-state index contributed by atoms with van der Waals surface area (Å²) in [4.78, 5) is 20.5. The van der Waals surface area contributed by atoms with E-state index in [1.54, 1.807) is 0 Å². The quantitative estimate of drug-likeness (QED) is 0.162. The second-order valence-corrected chi connectivity index (χ2v) is 15.1. The predicted molar refractivity (Wildman–Crippen MR) is 248 cm³/mol. The summed E-state index contributed by atoms with van der Waals surface area (Å²) in [6.45, 7) is 0. The molecule has 0 unspecified atom stereocenters. The molecule has 11 rings (SSSR count). The molecule has 2 heterocycles. The molecule has 0 N–H and O–H groups in total. The summed E-state index contributed by atoms with van der Waals surface area (Å²) in [6.07, 6.45) is 1.83. The van der Waals surface area contributed by atoms with Crippen LogP contribution < -0.4 is 0 Å². The molecule has 280 valence electrons. The monoisotopic (exact) mass is 764 g/mol. The van der Waals surface area contributed by atoms with Crippen molar-refractivity contribution < 1.29 is 0 Å². The highest BCUT2D eigenvalue weighted by Crippen LogP contribution is 2.37. The molecule has 2 aromatic heterocycles. The van der Waals surface area contributed by atoms with Crippen LogP contribution in [0.4, 0.5) is 0 Å². The first-order valence-corrected chi connectivity index (χ1v) is 20.2. The van der Waals surface area contributed by atoms with Gasteiger partial charge in [0.05, 0.1) is 5.69 Å². The molecule has 4 nitrogen and oxygen atoms in total. The number of benzene rings is 9. The van der Waals surface area contributed by atoms with Gasteiger partial charge in [-0.3, -0.25) is 4.98 Å². The Labute approximate surface area is 348 Å². The lowest BCUT2D eigenvalue weighted by Crippen LogP contribution is -2.01. The summed E-state index contributed by atoms with van der Waals surface area (Å²) in [5.41, 5.74) is 11.5. The minimum Gasteiger partial charge on any atom is -0.256 e. The van der Waals surface area contributed by atoms with Crippen molar-refractivity contribution in [2.24, 2.45) is 0 Å². The summed E-state index contributed by atoms with van der Waals surface area (Å²) in [7, 11) is 0. The van der Waals surface area contributed by atoms with Crippen LogP contribution in [0.2, 0.25) is 0 Å². The highest BCUT2D eigenvalue weighted by molar-refractivity contribution is 6.00. The molecule has 4 heteroatoms. The zero-order valence-electron chi connectivity index (χ0n) is 32.6. The average Bonchev–Trinajstić information content (AvgIpc) is 3.33. The van der Waals surface area contributed by atoms with Gasteiger partial charge < -0.3 is 0 Å². The molecule has 0 radical (unpaired) electrons. The fourth-order valence-electron chi connectivity index (χ4n) is 8.39. The van der Waals surface area contributed by atoms with Crippen LogP contribution in [0.5, 0.6) is 0 Å². The first kappa shape index (κ1) is 35.1. The van der Waals surface area contributed by atoms with Crippen molar-refractivity contribution in [1.29, 1.82) is 0 Å². The molecule has 0 bridgehead atoms. The van der Waals surface area contributed by atoms with Gasteiger partial charge in [0, 0.05) is 28.5 Å². The Morgan fingerprint density at radius 3 is 1.38 bits per heavy atom. The molecule has 0 aliphatic carbocycles. The fraction of sp³-hybridized carbons (Fsp3) is 0. The number of rotatable bonds is 7. The Kier molecular flexibility index (Phi) is 8.79. The molecular weight excluding hydrogens is 729 g/mol. The van der Waals surface area contributed by atoms with Gasteiger partial charge in [0.15, 0.2) is 17.5 Å². The van der Waals surface area contributed by atoms with Gasteiger partial charge in [-0.2, -0.15) is 0 Å². The average molecular weight is 765 g/mol. The van der Waals surface area contributed by atoms with Crippen LogP contribution in [-0.4, -0.2) is 19.9 Å². The maximum absolute atomic E-state index is 5.28. The molecule has 11 aromatic rings. The van der Waals surface area contributed by atoms with Gasteiger partial charge in [-0.25, -0.2) is 15.0 Å². The van der Waals surface area contributed by atoms with Gasteiger partial charge in [0.2, 0.25) is 0 Å². The Morgan fingerprint density at radius 1 is 0.250 bits per heavy atom. The van der Waals surface area contributed by atoms with Crippen molar-refractivity contribution >= 4 is 32.3 Å². The molecule has 9 aromatic carbocycles. The van der Waals surface area contributed by atoms with Crippen molar-refractivity contribution in [3.63, 3.8) is 0 Å². The van der Waals surface area contributed by atoms with Crippen LogP contribution >= 0.6 is 0 Å². The van der Waals surface area contributed by atoms with Gasteiger partial charge in [-0.05, 0) is 102 Å². The maximum Gasteiger partial charge on any atom is 0.164 e. The van der Waals surface area contributed by atoms with E-state index in [1.165, 1.54) is 32.7 Å². The highest BCUT2D eigenvalue weighted by Gasteiger charge is 2.17. The summed E-state index contributed by atoms with van der Waals surface area (Å²) < 4.78 is 0. The van der Waals surface area contributed by atoms with Crippen LogP contribution in [0.25, 0.3) is 111 Å². The number of hydrogen-bond donors (Lipinski definition) is 0. The number of nitrogens with zero attached hydrogens (tertiary/aromatic N) is 4. The Balaban J connectivity index is 1.06. The fourth-order valence-corrected chi connectivity index (χ4v) is 8.39. The third kappa shape index (κ3) is 6.56. The van der Waals surface area contributed by atoms with E-state index in [-0.39, 0.29) is 0 Å². The lowest BCUT2D eigenvalue weighted by atomic mass is 9.95. The van der Waals surface area contributed by atoms with E-state index < -0.39 is 0 Å². The normalized spacial score (nSPS) is 11.3. The first-order chi connectivity index (χ1) is 29.7. The van der Waals surface area contributed by atoms with E-state index in [4.69, 9.17) is 19.9 Å². The minimum absolute atomic E-state index is 0.601. The lowest BCUT2D eigenvalue weighted by molar-refractivity contribution is 1.08. The second-order valence-electron chi connectivity index (χ2n) is 15.1. The zero-order valence-corrected chi connectivity index (χ0v) is 32.6. The van der Waals surface area contributed by atoms with E-state index >= 15 is 0 Å². The van der Waals surface area contributed by atoms with Gasteiger partial charge in [-0.1, -0.05) is 176 Å². The zero-order chi connectivity index (χ0) is 39.8. The summed E-state index contributed by atoms with van der Waals surface area (Å²) in [5, 5.41) is 7.04. The largest absolute Gasteiger partial charge is 0.256 e. The van der Waals surface area contributed by atoms with Crippen molar-refractivity contribution in [1.82, 2.24) is 19.9 Å². The Morgan fingerprint density at radius 2 is 0.733 bits per heavy atom. The third-order valence-corrected chi connectivity index (χ3v) is 11.4.